The number of hydrogen-bond acceptors (Lipinski definition) is 5. The molecule has 312 valence electrons. The van der Waals surface area contributed by atoms with E-state index in [1.54, 1.807) is 23.5 Å². The van der Waals surface area contributed by atoms with Gasteiger partial charge >= 0.3 is 0 Å². The van der Waals surface area contributed by atoms with E-state index >= 15 is 8.78 Å². The van der Waals surface area contributed by atoms with Crippen molar-refractivity contribution < 1.29 is 32.1 Å². The van der Waals surface area contributed by atoms with Gasteiger partial charge in [-0.25, -0.2) is 13.2 Å². The molecule has 0 bridgehead atoms. The Hall–Kier alpha value is -5.35. The molecule has 7 aromatic rings. The maximum Gasteiger partial charge on any atom is 0.265 e. The van der Waals surface area contributed by atoms with Crippen LogP contribution in [0.1, 0.15) is 49.7 Å². The molecule has 6 aromatic carbocycles. The number of rotatable bonds is 17. The van der Waals surface area contributed by atoms with Crippen LogP contribution in [-0.2, 0) is 51.8 Å². The predicted molar refractivity (Wildman–Crippen MR) is 236 cm³/mol. The van der Waals surface area contributed by atoms with Gasteiger partial charge in [-0.3, -0.25) is 0 Å². The first-order valence-electron chi connectivity index (χ1n) is 20.7. The minimum atomic E-state index is -3.38. The maximum absolute atomic E-state index is 18.2. The van der Waals surface area contributed by atoms with E-state index in [2.05, 4.69) is 6.07 Å². The molecular formula is C53H49F3O4S. The number of aryl methyl sites for hydroxylation is 1. The van der Waals surface area contributed by atoms with Crippen LogP contribution in [0.4, 0.5) is 13.2 Å². The zero-order chi connectivity index (χ0) is 42.0. The molecule has 0 radical (unpaired) electrons. The number of benzene rings is 6. The van der Waals surface area contributed by atoms with E-state index in [0.29, 0.717) is 12.0 Å². The Balaban J connectivity index is 1.19. The predicted octanol–water partition coefficient (Wildman–Crippen LogP) is 12.8. The summed E-state index contributed by atoms with van der Waals surface area (Å²) in [5.74, 6) is -6.48. The zero-order valence-corrected chi connectivity index (χ0v) is 34.9. The molecule has 8 rings (SSSR count). The van der Waals surface area contributed by atoms with Crippen molar-refractivity contribution in [1.82, 2.24) is 0 Å². The summed E-state index contributed by atoms with van der Waals surface area (Å²) in [6, 6.07) is 54.8. The molecule has 0 aliphatic heterocycles. The van der Waals surface area contributed by atoms with E-state index in [4.69, 9.17) is 18.9 Å². The number of ether oxygens (including phenoxy) is 4. The second kappa shape index (κ2) is 20.0. The zero-order valence-electron chi connectivity index (χ0n) is 34.0. The third-order valence-corrected chi connectivity index (χ3v) is 12.6. The Kier molecular flexibility index (Phi) is 13.9. The highest BCUT2D eigenvalue weighted by Gasteiger charge is 2.63. The average molecular weight is 839 g/mol. The lowest BCUT2D eigenvalue weighted by Crippen LogP contribution is -2.63. The smallest absolute Gasteiger partial charge is 0.265 e. The van der Waals surface area contributed by atoms with Crippen LogP contribution in [0.15, 0.2) is 176 Å². The minimum absolute atomic E-state index is 0.101. The van der Waals surface area contributed by atoms with Gasteiger partial charge in [0.05, 0.1) is 57.1 Å². The van der Waals surface area contributed by atoms with E-state index in [-0.39, 0.29) is 38.9 Å². The molecule has 0 amide bonds. The lowest BCUT2D eigenvalue weighted by atomic mass is 9.69. The van der Waals surface area contributed by atoms with Crippen molar-refractivity contribution in [2.45, 2.75) is 69.9 Å². The second-order valence-corrected chi connectivity index (χ2v) is 16.8. The Morgan fingerprint density at radius 2 is 1.05 bits per heavy atom. The summed E-state index contributed by atoms with van der Waals surface area (Å²) >= 11 is 1.61. The first-order chi connectivity index (χ1) is 29.8. The average Bonchev–Trinajstić information content (AvgIpc) is 3.76. The van der Waals surface area contributed by atoms with Gasteiger partial charge in [-0.15, -0.1) is 11.3 Å². The quantitative estimate of drug-likeness (QED) is 0.0915. The van der Waals surface area contributed by atoms with Gasteiger partial charge in [-0.2, -0.15) is 0 Å². The van der Waals surface area contributed by atoms with Crippen molar-refractivity contribution >= 4 is 11.3 Å². The number of halogens is 3. The minimum Gasteiger partial charge on any atom is -0.376 e. The van der Waals surface area contributed by atoms with E-state index in [1.165, 1.54) is 12.1 Å². The van der Waals surface area contributed by atoms with Crippen molar-refractivity contribution in [1.29, 1.82) is 0 Å². The van der Waals surface area contributed by atoms with Gasteiger partial charge in [0, 0.05) is 16.2 Å². The standard InChI is InChI=1S/C53H49F3O4S/c1-37-22-23-43(30-44(37)31-46-28-29-48(61-46)42-24-26-45(54)27-25-42)49-51(59-34-40-18-10-4-11-19-40)52(60-35-41-20-12-5-13-21-41)50(58-33-39-16-8-3-9-17-39)47(53(49,55)56)36-57-32-38-14-6-2-7-15-38/h2-30,47,49-52H,31-36H2,1H3. The summed E-state index contributed by atoms with van der Waals surface area (Å²) in [5, 5.41) is 0. The molecule has 1 saturated carbocycles. The summed E-state index contributed by atoms with van der Waals surface area (Å²) in [4.78, 5) is 2.08. The van der Waals surface area contributed by atoms with Crippen molar-refractivity contribution in [3.05, 3.63) is 226 Å². The highest BCUT2D eigenvalue weighted by Crippen LogP contribution is 2.52. The van der Waals surface area contributed by atoms with E-state index < -0.39 is 36.1 Å². The highest BCUT2D eigenvalue weighted by atomic mass is 32.1. The van der Waals surface area contributed by atoms with E-state index in [1.807, 2.05) is 153 Å². The normalized spacial score (nSPS) is 19.8. The largest absolute Gasteiger partial charge is 0.376 e. The van der Waals surface area contributed by atoms with Crippen molar-refractivity contribution in [3.8, 4) is 10.4 Å². The van der Waals surface area contributed by atoms with E-state index in [9.17, 15) is 4.39 Å². The monoisotopic (exact) mass is 838 g/mol. The fourth-order valence-corrected chi connectivity index (χ4v) is 9.20. The van der Waals surface area contributed by atoms with Gasteiger partial charge in [0.15, 0.2) is 0 Å². The second-order valence-electron chi connectivity index (χ2n) is 15.7. The Bertz CT molecular complexity index is 2410. The Labute approximate surface area is 360 Å². The lowest BCUT2D eigenvalue weighted by molar-refractivity contribution is -0.271. The van der Waals surface area contributed by atoms with Crippen molar-refractivity contribution in [2.24, 2.45) is 5.92 Å². The van der Waals surface area contributed by atoms with Crippen LogP contribution >= 0.6 is 11.3 Å². The summed E-state index contributed by atoms with van der Waals surface area (Å²) < 4.78 is 76.6. The van der Waals surface area contributed by atoms with Crippen LogP contribution in [0.2, 0.25) is 0 Å². The topological polar surface area (TPSA) is 36.9 Å². The molecule has 8 heteroatoms. The molecule has 61 heavy (non-hydrogen) atoms. The molecule has 0 spiro atoms. The number of alkyl halides is 2. The van der Waals surface area contributed by atoms with Gasteiger partial charge in [0.2, 0.25) is 0 Å². The molecule has 0 N–H and O–H groups in total. The van der Waals surface area contributed by atoms with Gasteiger partial charge in [0.1, 0.15) is 11.9 Å². The molecule has 5 atom stereocenters. The van der Waals surface area contributed by atoms with Crippen molar-refractivity contribution in [2.75, 3.05) is 6.61 Å². The summed E-state index contributed by atoms with van der Waals surface area (Å²) in [6.07, 6.45) is -2.59. The van der Waals surface area contributed by atoms with Crippen LogP contribution in [-0.4, -0.2) is 30.8 Å². The van der Waals surface area contributed by atoms with Crippen LogP contribution in [0.5, 0.6) is 0 Å². The van der Waals surface area contributed by atoms with Crippen LogP contribution < -0.4 is 0 Å². The van der Waals surface area contributed by atoms with Gasteiger partial charge < -0.3 is 18.9 Å². The third-order valence-electron chi connectivity index (χ3n) is 11.4. The number of thiophene rings is 1. The molecule has 0 saturated heterocycles. The fourth-order valence-electron chi connectivity index (χ4n) is 8.17. The van der Waals surface area contributed by atoms with Crippen LogP contribution in [0, 0.1) is 18.7 Å². The fraction of sp³-hybridized carbons (Fsp3) is 0.245. The summed E-state index contributed by atoms with van der Waals surface area (Å²) in [7, 11) is 0. The molecule has 4 nitrogen and oxygen atoms in total. The van der Waals surface area contributed by atoms with Crippen LogP contribution in [0.25, 0.3) is 10.4 Å². The van der Waals surface area contributed by atoms with Gasteiger partial charge in [-0.1, -0.05) is 152 Å². The Morgan fingerprint density at radius 3 is 1.61 bits per heavy atom. The van der Waals surface area contributed by atoms with Crippen LogP contribution in [0.3, 0.4) is 0 Å². The first-order valence-corrected chi connectivity index (χ1v) is 21.5. The maximum atomic E-state index is 18.2. The lowest BCUT2D eigenvalue weighted by Gasteiger charge is -2.50. The molecule has 1 aliphatic carbocycles. The Morgan fingerprint density at radius 1 is 0.541 bits per heavy atom. The summed E-state index contributed by atoms with van der Waals surface area (Å²) in [5.41, 5.74) is 6.83. The van der Waals surface area contributed by atoms with Gasteiger partial charge in [0.25, 0.3) is 5.92 Å². The summed E-state index contributed by atoms with van der Waals surface area (Å²) in [6.45, 7) is 2.29. The molecule has 1 aromatic heterocycles. The first kappa shape index (κ1) is 42.3. The van der Waals surface area contributed by atoms with E-state index in [0.717, 1.165) is 48.7 Å². The molecule has 1 fully saturated rings. The number of hydrogen-bond donors (Lipinski definition) is 0. The highest BCUT2D eigenvalue weighted by molar-refractivity contribution is 7.15. The third kappa shape index (κ3) is 10.6. The molecule has 5 unspecified atom stereocenters. The molecular weight excluding hydrogens is 790 g/mol. The molecule has 1 heterocycles. The van der Waals surface area contributed by atoms with Crippen molar-refractivity contribution in [3.63, 3.8) is 0 Å². The van der Waals surface area contributed by atoms with Gasteiger partial charge in [-0.05, 0) is 75.7 Å². The SMILES string of the molecule is Cc1ccc(C2C(OCc3ccccc3)C(OCc3ccccc3)C(OCc3ccccc3)C(COCc3ccccc3)C2(F)F)cc1Cc1ccc(-c2ccc(F)cc2)s1. The molecule has 1 aliphatic rings.